The molecule has 0 aliphatic carbocycles. The highest BCUT2D eigenvalue weighted by Gasteiger charge is 2.39. The fourth-order valence-corrected chi connectivity index (χ4v) is 2.05. The highest BCUT2D eigenvalue weighted by molar-refractivity contribution is 7.98. The molecular formula is C11H10F3NO4S. The molecule has 20 heavy (non-hydrogen) atoms. The second-order valence-corrected chi connectivity index (χ2v) is 4.71. The molecule has 110 valence electrons. The normalized spacial score (nSPS) is 11.4. The summed E-state index contributed by atoms with van der Waals surface area (Å²) in [5.41, 5.74) is -3.55. The Hall–Kier alpha value is -1.77. The van der Waals surface area contributed by atoms with Gasteiger partial charge in [-0.15, -0.1) is 0 Å². The molecule has 2 N–H and O–H groups in total. The van der Waals surface area contributed by atoms with Crippen molar-refractivity contribution in [1.29, 1.82) is 0 Å². The van der Waals surface area contributed by atoms with Crippen molar-refractivity contribution in [3.05, 3.63) is 28.6 Å². The van der Waals surface area contributed by atoms with Gasteiger partial charge in [-0.05, 0) is 24.0 Å². The Labute approximate surface area is 115 Å². The van der Waals surface area contributed by atoms with E-state index in [2.05, 4.69) is 4.98 Å². The van der Waals surface area contributed by atoms with Crippen LogP contribution in [0.25, 0.3) is 0 Å². The van der Waals surface area contributed by atoms with Gasteiger partial charge in [-0.25, -0.2) is 9.59 Å². The maximum Gasteiger partial charge on any atom is 0.434 e. The molecule has 1 aromatic heterocycles. The number of carboxylic acids is 2. The average Bonchev–Trinajstić information content (AvgIpc) is 2.33. The van der Waals surface area contributed by atoms with Gasteiger partial charge >= 0.3 is 18.1 Å². The lowest BCUT2D eigenvalue weighted by atomic mass is 9.98. The number of alkyl halides is 3. The number of carbonyl (C=O) groups is 2. The van der Waals surface area contributed by atoms with Crippen LogP contribution in [0.3, 0.4) is 0 Å². The van der Waals surface area contributed by atoms with Gasteiger partial charge < -0.3 is 10.2 Å². The highest BCUT2D eigenvalue weighted by Crippen LogP contribution is 2.33. The van der Waals surface area contributed by atoms with E-state index in [0.717, 1.165) is 0 Å². The van der Waals surface area contributed by atoms with Gasteiger partial charge in [0.15, 0.2) is 5.69 Å². The summed E-state index contributed by atoms with van der Waals surface area (Å²) in [5.74, 6) is -3.06. The molecule has 1 rings (SSSR count). The summed E-state index contributed by atoms with van der Waals surface area (Å²) < 4.78 is 38.3. The number of aromatic nitrogens is 1. The molecule has 0 fully saturated rings. The van der Waals surface area contributed by atoms with E-state index < -0.39 is 34.9 Å². The Morgan fingerprint density at radius 2 is 1.90 bits per heavy atom. The topological polar surface area (TPSA) is 87.5 Å². The Morgan fingerprint density at radius 1 is 1.30 bits per heavy atom. The second kappa shape index (κ2) is 6.12. The van der Waals surface area contributed by atoms with Gasteiger partial charge in [0.25, 0.3) is 0 Å². The number of hydrogen-bond acceptors (Lipinski definition) is 4. The smallest absolute Gasteiger partial charge is 0.434 e. The third-order valence-electron chi connectivity index (χ3n) is 2.46. The van der Waals surface area contributed by atoms with Crippen LogP contribution in [-0.2, 0) is 12.6 Å². The fourth-order valence-electron chi connectivity index (χ4n) is 1.64. The van der Waals surface area contributed by atoms with Gasteiger partial charge in [0.1, 0.15) is 0 Å². The SMILES string of the molecule is CSCCc1c(C(=O)O)cnc(C(F)(F)F)c1C(=O)O. The second-order valence-electron chi connectivity index (χ2n) is 3.72. The van der Waals surface area contributed by atoms with Gasteiger partial charge in [0, 0.05) is 6.20 Å². The largest absolute Gasteiger partial charge is 0.478 e. The molecule has 0 bridgehead atoms. The lowest BCUT2D eigenvalue weighted by Gasteiger charge is -2.15. The van der Waals surface area contributed by atoms with E-state index in [1.165, 1.54) is 11.8 Å². The highest BCUT2D eigenvalue weighted by atomic mass is 32.2. The van der Waals surface area contributed by atoms with Crippen molar-refractivity contribution < 1.29 is 33.0 Å². The maximum atomic E-state index is 12.8. The summed E-state index contributed by atoms with van der Waals surface area (Å²) in [4.78, 5) is 25.1. The summed E-state index contributed by atoms with van der Waals surface area (Å²) in [5, 5.41) is 17.9. The standard InChI is InChI=1S/C11H10F3NO4S/c1-20-3-2-5-6(9(16)17)4-15-8(11(12,13)14)7(5)10(18)19/h4H,2-3H2,1H3,(H,16,17)(H,18,19). The molecular weight excluding hydrogens is 299 g/mol. The van der Waals surface area contributed by atoms with Crippen LogP contribution in [0, 0.1) is 0 Å². The predicted octanol–water partition coefficient (Wildman–Crippen LogP) is 2.40. The summed E-state index contributed by atoms with van der Waals surface area (Å²) in [6, 6.07) is 0. The Kier molecular flexibility index (Phi) is 4.98. The molecule has 1 heterocycles. The minimum absolute atomic E-state index is 0.101. The van der Waals surface area contributed by atoms with E-state index in [1.807, 2.05) is 0 Å². The molecule has 0 aliphatic rings. The molecule has 5 nitrogen and oxygen atoms in total. The van der Waals surface area contributed by atoms with Crippen molar-refractivity contribution in [2.75, 3.05) is 12.0 Å². The van der Waals surface area contributed by atoms with Crippen LogP contribution in [-0.4, -0.2) is 39.1 Å². The number of rotatable bonds is 5. The third-order valence-corrected chi connectivity index (χ3v) is 3.07. The number of pyridine rings is 1. The Bertz CT molecular complexity index is 545. The quantitative estimate of drug-likeness (QED) is 0.868. The van der Waals surface area contributed by atoms with Crippen molar-refractivity contribution in [3.8, 4) is 0 Å². The minimum Gasteiger partial charge on any atom is -0.478 e. The zero-order valence-electron chi connectivity index (χ0n) is 10.2. The molecule has 0 unspecified atom stereocenters. The molecule has 0 aromatic carbocycles. The number of halogens is 3. The van der Waals surface area contributed by atoms with Crippen molar-refractivity contribution in [2.45, 2.75) is 12.6 Å². The van der Waals surface area contributed by atoms with Crippen LogP contribution < -0.4 is 0 Å². The van der Waals surface area contributed by atoms with Crippen molar-refractivity contribution in [2.24, 2.45) is 0 Å². The van der Waals surface area contributed by atoms with E-state index in [0.29, 0.717) is 11.9 Å². The fraction of sp³-hybridized carbons (Fsp3) is 0.364. The number of carboxylic acid groups (broad SMARTS) is 2. The van der Waals surface area contributed by atoms with E-state index in [-0.39, 0.29) is 12.0 Å². The monoisotopic (exact) mass is 309 g/mol. The summed E-state index contributed by atoms with van der Waals surface area (Å²) in [7, 11) is 0. The average molecular weight is 309 g/mol. The first-order valence-corrected chi connectivity index (χ1v) is 6.64. The van der Waals surface area contributed by atoms with Crippen molar-refractivity contribution in [3.63, 3.8) is 0 Å². The van der Waals surface area contributed by atoms with E-state index in [4.69, 9.17) is 10.2 Å². The number of hydrogen-bond donors (Lipinski definition) is 2. The molecule has 0 amide bonds. The summed E-state index contributed by atoms with van der Waals surface area (Å²) >= 11 is 1.26. The van der Waals surface area contributed by atoms with Crippen molar-refractivity contribution >= 4 is 23.7 Å². The number of aromatic carboxylic acids is 2. The number of thioether (sulfide) groups is 1. The Morgan fingerprint density at radius 3 is 2.30 bits per heavy atom. The van der Waals surface area contributed by atoms with Crippen LogP contribution in [0.2, 0.25) is 0 Å². The van der Waals surface area contributed by atoms with Crippen LogP contribution in [0.1, 0.15) is 32.0 Å². The zero-order chi connectivity index (χ0) is 15.5. The molecule has 9 heteroatoms. The molecule has 0 spiro atoms. The molecule has 0 radical (unpaired) electrons. The Balaban J connectivity index is 3.61. The molecule has 0 saturated heterocycles. The first kappa shape index (κ1) is 16.3. The van der Waals surface area contributed by atoms with E-state index in [1.54, 1.807) is 6.26 Å². The summed E-state index contributed by atoms with van der Waals surface area (Å²) in [6.45, 7) is 0. The van der Waals surface area contributed by atoms with Gasteiger partial charge in [0.05, 0.1) is 11.1 Å². The molecule has 1 aromatic rings. The van der Waals surface area contributed by atoms with Crippen LogP contribution >= 0.6 is 11.8 Å². The molecule has 0 saturated carbocycles. The van der Waals surface area contributed by atoms with Crippen LogP contribution in [0.4, 0.5) is 13.2 Å². The first-order chi connectivity index (χ1) is 9.20. The van der Waals surface area contributed by atoms with E-state index >= 15 is 0 Å². The zero-order valence-corrected chi connectivity index (χ0v) is 11.0. The van der Waals surface area contributed by atoms with Crippen LogP contribution in [0.15, 0.2) is 6.20 Å². The third kappa shape index (κ3) is 3.41. The lowest BCUT2D eigenvalue weighted by Crippen LogP contribution is -2.21. The van der Waals surface area contributed by atoms with Gasteiger partial charge in [0.2, 0.25) is 0 Å². The molecule has 0 aliphatic heterocycles. The van der Waals surface area contributed by atoms with Crippen LogP contribution in [0.5, 0.6) is 0 Å². The van der Waals surface area contributed by atoms with Gasteiger partial charge in [-0.1, -0.05) is 0 Å². The predicted molar refractivity (Wildman–Crippen MR) is 65.2 cm³/mol. The maximum absolute atomic E-state index is 12.8. The molecule has 0 atom stereocenters. The van der Waals surface area contributed by atoms with E-state index in [9.17, 15) is 22.8 Å². The number of nitrogens with zero attached hydrogens (tertiary/aromatic N) is 1. The van der Waals surface area contributed by atoms with Gasteiger partial charge in [-0.2, -0.15) is 24.9 Å². The lowest BCUT2D eigenvalue weighted by molar-refractivity contribution is -0.141. The minimum atomic E-state index is -4.96. The van der Waals surface area contributed by atoms with Gasteiger partial charge in [-0.3, -0.25) is 4.98 Å². The summed E-state index contributed by atoms with van der Waals surface area (Å²) in [6.07, 6.45) is -2.84. The first-order valence-electron chi connectivity index (χ1n) is 5.24. The van der Waals surface area contributed by atoms with Crippen molar-refractivity contribution in [1.82, 2.24) is 4.98 Å².